The third-order valence-electron chi connectivity index (χ3n) is 7.10. The van der Waals surface area contributed by atoms with Crippen LogP contribution in [-0.2, 0) is 0 Å². The first-order chi connectivity index (χ1) is 17.8. The van der Waals surface area contributed by atoms with Gasteiger partial charge in [0.25, 0.3) is 5.91 Å². The molecule has 188 valence electrons. The molecule has 0 bridgehead atoms. The van der Waals surface area contributed by atoms with Crippen LogP contribution in [0.5, 0.6) is 5.75 Å². The summed E-state index contributed by atoms with van der Waals surface area (Å²) < 4.78 is 17.0. The first-order valence-corrected chi connectivity index (χ1v) is 12.1. The van der Waals surface area contributed by atoms with Gasteiger partial charge >= 0.3 is 5.97 Å². The summed E-state index contributed by atoms with van der Waals surface area (Å²) in [6.07, 6.45) is 3.09. The number of benzene rings is 2. The Morgan fingerprint density at radius 2 is 1.78 bits per heavy atom. The number of carbonyl (C=O) groups is 2. The number of fused-ring (bicyclic) bond motifs is 2. The summed E-state index contributed by atoms with van der Waals surface area (Å²) in [5, 5.41) is 20.3. The molecule has 0 radical (unpaired) electrons. The van der Waals surface area contributed by atoms with E-state index in [9.17, 15) is 24.6 Å². The molecule has 10 heteroatoms. The number of carbonyl (C=O) groups excluding carboxylic acids is 1. The summed E-state index contributed by atoms with van der Waals surface area (Å²) in [7, 11) is 0. The number of piperazine rings is 1. The summed E-state index contributed by atoms with van der Waals surface area (Å²) in [4.78, 5) is 45.2. The Morgan fingerprint density at radius 3 is 2.49 bits per heavy atom. The Hall–Kier alpha value is -4.47. The van der Waals surface area contributed by atoms with Gasteiger partial charge in [-0.25, -0.2) is 14.2 Å². The third-order valence-corrected chi connectivity index (χ3v) is 7.10. The molecule has 2 aliphatic rings. The van der Waals surface area contributed by atoms with Crippen molar-refractivity contribution in [2.24, 2.45) is 0 Å². The maximum atomic E-state index is 15.2. The second-order valence-corrected chi connectivity index (χ2v) is 9.46. The molecule has 1 amide bonds. The predicted octanol–water partition coefficient (Wildman–Crippen LogP) is 3.39. The predicted molar refractivity (Wildman–Crippen MR) is 135 cm³/mol. The number of hydrogen-bond donors (Lipinski definition) is 2. The summed E-state index contributed by atoms with van der Waals surface area (Å²) >= 11 is 0. The van der Waals surface area contributed by atoms with E-state index in [0.717, 1.165) is 24.3 Å². The molecule has 0 spiro atoms. The lowest BCUT2D eigenvalue weighted by Gasteiger charge is -2.36. The largest absolute Gasteiger partial charge is 0.506 e. The van der Waals surface area contributed by atoms with Gasteiger partial charge < -0.3 is 24.6 Å². The van der Waals surface area contributed by atoms with Crippen molar-refractivity contribution in [3.05, 3.63) is 76.0 Å². The van der Waals surface area contributed by atoms with E-state index in [1.165, 1.54) is 12.3 Å². The average molecular weight is 503 g/mol. The van der Waals surface area contributed by atoms with E-state index >= 15 is 4.39 Å². The number of nitrogens with zero attached hydrogens (tertiary/aromatic N) is 4. The van der Waals surface area contributed by atoms with Crippen LogP contribution in [0.3, 0.4) is 0 Å². The average Bonchev–Trinajstić information content (AvgIpc) is 3.74. The summed E-state index contributed by atoms with van der Waals surface area (Å²) in [5.41, 5.74) is 0.335. The molecule has 2 N–H and O–H groups in total. The number of hydrogen-bond acceptors (Lipinski definition) is 6. The highest BCUT2D eigenvalue weighted by atomic mass is 19.1. The molecule has 0 atom stereocenters. The van der Waals surface area contributed by atoms with Crippen molar-refractivity contribution in [1.29, 1.82) is 0 Å². The van der Waals surface area contributed by atoms with Crippen LogP contribution in [0.1, 0.15) is 39.7 Å². The molecular weight excluding hydrogens is 479 g/mol. The molecule has 1 saturated heterocycles. The lowest BCUT2D eigenvalue weighted by Crippen LogP contribution is -2.49. The Morgan fingerprint density at radius 1 is 1.03 bits per heavy atom. The summed E-state index contributed by atoms with van der Waals surface area (Å²) in [5.74, 6) is -2.21. The van der Waals surface area contributed by atoms with E-state index in [1.807, 2.05) is 4.90 Å². The Balaban J connectivity index is 1.27. The van der Waals surface area contributed by atoms with Crippen molar-refractivity contribution in [2.45, 2.75) is 18.9 Å². The van der Waals surface area contributed by atoms with Gasteiger partial charge in [0.15, 0.2) is 0 Å². The quantitative estimate of drug-likeness (QED) is 0.440. The molecule has 37 heavy (non-hydrogen) atoms. The lowest BCUT2D eigenvalue weighted by molar-refractivity contribution is 0.0693. The van der Waals surface area contributed by atoms with Gasteiger partial charge in [-0.3, -0.25) is 9.59 Å². The SMILES string of the molecule is O=C(O)c1cn(C2CC2)c2cc(N3CCN(C(=O)c4ccc5cccc(O)c5n4)CC3)c(F)cc2c1=O. The van der Waals surface area contributed by atoms with Crippen molar-refractivity contribution < 1.29 is 24.2 Å². The number of aromatic hydroxyl groups is 1. The maximum Gasteiger partial charge on any atom is 0.341 e. The molecule has 9 nitrogen and oxygen atoms in total. The van der Waals surface area contributed by atoms with Gasteiger partial charge in [-0.05, 0) is 37.1 Å². The third kappa shape index (κ3) is 3.94. The first kappa shape index (κ1) is 23.0. The van der Waals surface area contributed by atoms with Gasteiger partial charge in [0, 0.05) is 49.2 Å². The Bertz CT molecular complexity index is 1650. The van der Waals surface area contributed by atoms with Crippen molar-refractivity contribution in [2.75, 3.05) is 31.1 Å². The number of carboxylic acid groups (broad SMARTS) is 1. The number of anilines is 1. The summed E-state index contributed by atoms with van der Waals surface area (Å²) in [6, 6.07) is 11.2. The van der Waals surface area contributed by atoms with Crippen LogP contribution < -0.4 is 10.3 Å². The molecule has 6 rings (SSSR count). The van der Waals surface area contributed by atoms with Crippen LogP contribution >= 0.6 is 0 Å². The number of phenolic OH excluding ortho intramolecular Hbond substituents is 1. The van der Waals surface area contributed by atoms with E-state index in [1.54, 1.807) is 39.8 Å². The molecule has 2 aromatic heterocycles. The van der Waals surface area contributed by atoms with E-state index in [4.69, 9.17) is 0 Å². The highest BCUT2D eigenvalue weighted by Crippen LogP contribution is 2.38. The number of aromatic carboxylic acids is 1. The number of pyridine rings is 2. The van der Waals surface area contributed by atoms with Gasteiger partial charge in [-0.15, -0.1) is 0 Å². The van der Waals surface area contributed by atoms with E-state index < -0.39 is 17.2 Å². The molecule has 4 aromatic rings. The molecule has 2 fully saturated rings. The lowest BCUT2D eigenvalue weighted by atomic mass is 10.1. The minimum absolute atomic E-state index is 0.00361. The minimum atomic E-state index is -1.33. The van der Waals surface area contributed by atoms with Gasteiger partial charge in [-0.1, -0.05) is 18.2 Å². The van der Waals surface area contributed by atoms with Crippen molar-refractivity contribution >= 4 is 39.4 Å². The van der Waals surface area contributed by atoms with E-state index in [-0.39, 0.29) is 34.3 Å². The zero-order valence-electron chi connectivity index (χ0n) is 19.7. The fraction of sp³-hybridized carbons (Fsp3) is 0.259. The molecule has 3 heterocycles. The monoisotopic (exact) mass is 502 g/mol. The van der Waals surface area contributed by atoms with Crippen LogP contribution in [0.25, 0.3) is 21.8 Å². The number of para-hydroxylation sites is 1. The summed E-state index contributed by atoms with van der Waals surface area (Å²) in [6.45, 7) is 1.41. The minimum Gasteiger partial charge on any atom is -0.506 e. The first-order valence-electron chi connectivity index (χ1n) is 12.1. The number of amides is 1. The van der Waals surface area contributed by atoms with Crippen LogP contribution in [0.4, 0.5) is 10.1 Å². The molecule has 0 unspecified atom stereocenters. The zero-order chi connectivity index (χ0) is 25.8. The highest BCUT2D eigenvalue weighted by Gasteiger charge is 2.29. The maximum absolute atomic E-state index is 15.2. The molecule has 1 saturated carbocycles. The molecule has 2 aromatic carbocycles. The van der Waals surface area contributed by atoms with Crippen LogP contribution in [0.2, 0.25) is 0 Å². The van der Waals surface area contributed by atoms with Crippen molar-refractivity contribution in [1.82, 2.24) is 14.5 Å². The van der Waals surface area contributed by atoms with Crippen LogP contribution in [-0.4, -0.2) is 62.7 Å². The van der Waals surface area contributed by atoms with Gasteiger partial charge in [0.1, 0.15) is 28.3 Å². The number of aromatic nitrogens is 2. The van der Waals surface area contributed by atoms with E-state index in [0.29, 0.717) is 42.9 Å². The van der Waals surface area contributed by atoms with Gasteiger partial charge in [0.05, 0.1) is 11.2 Å². The van der Waals surface area contributed by atoms with E-state index in [2.05, 4.69) is 4.98 Å². The second kappa shape index (κ2) is 8.58. The Labute approximate surface area is 210 Å². The second-order valence-electron chi connectivity index (χ2n) is 9.46. The van der Waals surface area contributed by atoms with Crippen LogP contribution in [0, 0.1) is 5.82 Å². The number of halogens is 1. The van der Waals surface area contributed by atoms with Crippen molar-refractivity contribution in [3.8, 4) is 5.75 Å². The molecule has 1 aliphatic carbocycles. The zero-order valence-corrected chi connectivity index (χ0v) is 19.7. The number of carboxylic acids is 1. The Kier molecular flexibility index (Phi) is 5.32. The normalized spacial score (nSPS) is 15.9. The fourth-order valence-corrected chi connectivity index (χ4v) is 4.97. The topological polar surface area (TPSA) is 116 Å². The highest BCUT2D eigenvalue weighted by molar-refractivity contribution is 5.96. The number of phenols is 1. The molecule has 1 aliphatic heterocycles. The fourth-order valence-electron chi connectivity index (χ4n) is 4.97. The van der Waals surface area contributed by atoms with Crippen LogP contribution in [0.15, 0.2) is 53.5 Å². The standard InChI is InChI=1S/C27H23FN4O5/c28-19-12-17-21(32(16-5-6-16)14-18(25(17)34)27(36)37)13-22(19)30-8-10-31(11-9-30)26(35)20-7-4-15-2-1-3-23(33)24(15)29-20/h1-4,7,12-14,16,33H,5-6,8-11H2,(H,36,37). The van der Waals surface area contributed by atoms with Gasteiger partial charge in [-0.2, -0.15) is 0 Å². The van der Waals surface area contributed by atoms with Crippen molar-refractivity contribution in [3.63, 3.8) is 0 Å². The van der Waals surface area contributed by atoms with Gasteiger partial charge in [0.2, 0.25) is 5.43 Å². The smallest absolute Gasteiger partial charge is 0.341 e. The molecular formula is C27H23FN4O5. The number of rotatable bonds is 4.